The fourth-order valence-electron chi connectivity index (χ4n) is 4.06. The minimum atomic E-state index is -0.388. The Morgan fingerprint density at radius 2 is 2.00 bits per heavy atom. The van der Waals surface area contributed by atoms with Gasteiger partial charge in [-0.05, 0) is 42.2 Å². The molecule has 0 aliphatic heterocycles. The fourth-order valence-corrected chi connectivity index (χ4v) is 4.06. The maximum Gasteiger partial charge on any atom is 0.137 e. The Hall–Kier alpha value is -2.06. The van der Waals surface area contributed by atoms with Crippen LogP contribution in [-0.4, -0.2) is 5.78 Å². The number of Topliss-reactive ketones (excluding diaryl/α,β-unsaturated/α-hetero) is 1. The van der Waals surface area contributed by atoms with E-state index in [0.29, 0.717) is 12.3 Å². The largest absolute Gasteiger partial charge is 0.299 e. The molecule has 2 aliphatic carbocycles. The number of carbonyl (C=O) groups excluding carboxylic acids is 1. The molecule has 0 heterocycles. The third-order valence-electron chi connectivity index (χ3n) is 4.79. The van der Waals surface area contributed by atoms with Gasteiger partial charge in [0.1, 0.15) is 5.78 Å². The zero-order valence-electron chi connectivity index (χ0n) is 12.0. The number of hydrogen-bond acceptors (Lipinski definition) is 2. The maximum absolute atomic E-state index is 12.6. The van der Waals surface area contributed by atoms with Gasteiger partial charge in [-0.3, -0.25) is 4.79 Å². The van der Waals surface area contributed by atoms with E-state index in [9.17, 15) is 4.79 Å². The average molecular weight is 281 g/mol. The first-order valence-electron chi connectivity index (χ1n) is 7.47. The lowest BCUT2D eigenvalue weighted by Gasteiger charge is -2.42. The van der Waals surface area contributed by atoms with Gasteiger partial charge in [0.15, 0.2) is 0 Å². The van der Waals surface area contributed by atoms with Crippen molar-refractivity contribution < 1.29 is 4.79 Å². The first-order chi connectivity index (χ1) is 10.2. The molecule has 0 spiro atoms. The molecular formula is C17H19N3O. The van der Waals surface area contributed by atoms with Gasteiger partial charge in [-0.15, -0.1) is 0 Å². The summed E-state index contributed by atoms with van der Waals surface area (Å²) in [7, 11) is 0. The summed E-state index contributed by atoms with van der Waals surface area (Å²) in [5.74, 6) is 0.775. The molecule has 2 aliphatic rings. The maximum atomic E-state index is 12.6. The van der Waals surface area contributed by atoms with Gasteiger partial charge in [-0.1, -0.05) is 47.6 Å². The number of carbonyl (C=O) groups is 1. The van der Waals surface area contributed by atoms with E-state index >= 15 is 0 Å². The molecule has 0 unspecified atom stereocenters. The highest BCUT2D eigenvalue weighted by Crippen LogP contribution is 2.48. The number of azide groups is 1. The Balaban J connectivity index is 1.96. The molecule has 0 aromatic heterocycles. The molecule has 4 atom stereocenters. The third kappa shape index (κ3) is 2.72. The van der Waals surface area contributed by atoms with Crippen LogP contribution in [0.5, 0.6) is 0 Å². The highest BCUT2D eigenvalue weighted by atomic mass is 16.1. The SMILES string of the molecule is C=C1C[C@@H]2CC(=O)[C@@H]([C@@H](N=[N+]=[N-])c3ccccc3)[C@H](C1)C2. The van der Waals surface area contributed by atoms with Crippen LogP contribution in [0.15, 0.2) is 47.6 Å². The van der Waals surface area contributed by atoms with Gasteiger partial charge in [0.2, 0.25) is 0 Å². The zero-order valence-corrected chi connectivity index (χ0v) is 12.0. The van der Waals surface area contributed by atoms with E-state index in [2.05, 4.69) is 16.6 Å². The molecule has 21 heavy (non-hydrogen) atoms. The van der Waals surface area contributed by atoms with Gasteiger partial charge < -0.3 is 0 Å². The molecule has 3 rings (SSSR count). The summed E-state index contributed by atoms with van der Waals surface area (Å²) in [6.07, 6.45) is 3.52. The fraction of sp³-hybridized carbons (Fsp3) is 0.471. The Kier molecular flexibility index (Phi) is 3.80. The molecule has 4 nitrogen and oxygen atoms in total. The standard InChI is InChI=1S/C17H19N3O/c1-11-7-12-9-14(8-11)16(15(21)10-12)17(19-20-18)13-5-3-2-4-6-13/h2-6,12,14,16-17H,1,7-10H2/t12-,14+,16-,17-/m0/s1. The summed E-state index contributed by atoms with van der Waals surface area (Å²) >= 11 is 0. The van der Waals surface area contributed by atoms with E-state index in [4.69, 9.17) is 5.53 Å². The lowest BCUT2D eigenvalue weighted by atomic mass is 9.62. The first-order valence-corrected chi connectivity index (χ1v) is 7.47. The van der Waals surface area contributed by atoms with Crippen molar-refractivity contribution in [2.24, 2.45) is 22.9 Å². The third-order valence-corrected chi connectivity index (χ3v) is 4.79. The van der Waals surface area contributed by atoms with Gasteiger partial charge in [-0.2, -0.15) is 0 Å². The van der Waals surface area contributed by atoms with Crippen molar-refractivity contribution in [3.8, 4) is 0 Å². The van der Waals surface area contributed by atoms with Crippen LogP contribution in [0.25, 0.3) is 10.4 Å². The summed E-state index contributed by atoms with van der Waals surface area (Å²) in [5.41, 5.74) is 11.1. The molecule has 0 amide bonds. The number of allylic oxidation sites excluding steroid dienone is 1. The second-order valence-corrected chi connectivity index (χ2v) is 6.28. The van der Waals surface area contributed by atoms with Gasteiger partial charge in [0.25, 0.3) is 0 Å². The van der Waals surface area contributed by atoms with Crippen molar-refractivity contribution in [1.29, 1.82) is 0 Å². The van der Waals surface area contributed by atoms with Gasteiger partial charge in [-0.25, -0.2) is 0 Å². The van der Waals surface area contributed by atoms with E-state index in [0.717, 1.165) is 24.8 Å². The second kappa shape index (κ2) is 5.74. The lowest BCUT2D eigenvalue weighted by Crippen LogP contribution is -2.39. The molecule has 0 saturated heterocycles. The Morgan fingerprint density at radius 3 is 2.71 bits per heavy atom. The van der Waals surface area contributed by atoms with Crippen molar-refractivity contribution in [2.75, 3.05) is 0 Å². The number of rotatable bonds is 3. The predicted molar refractivity (Wildman–Crippen MR) is 81.4 cm³/mol. The number of fused-ring (bicyclic) bond motifs is 2. The molecular weight excluding hydrogens is 262 g/mol. The molecule has 0 radical (unpaired) electrons. The zero-order chi connectivity index (χ0) is 14.8. The summed E-state index contributed by atoms with van der Waals surface area (Å²) in [6.45, 7) is 4.12. The molecule has 0 N–H and O–H groups in total. The van der Waals surface area contributed by atoms with Gasteiger partial charge in [0.05, 0.1) is 6.04 Å². The summed E-state index contributed by atoms with van der Waals surface area (Å²) < 4.78 is 0. The molecule has 4 heteroatoms. The van der Waals surface area contributed by atoms with Gasteiger partial charge >= 0.3 is 0 Å². The Morgan fingerprint density at radius 1 is 1.24 bits per heavy atom. The quantitative estimate of drug-likeness (QED) is 0.345. The highest BCUT2D eigenvalue weighted by molar-refractivity contribution is 5.83. The molecule has 2 fully saturated rings. The number of nitrogens with zero attached hydrogens (tertiary/aromatic N) is 3. The van der Waals surface area contributed by atoms with Crippen LogP contribution in [0.1, 0.15) is 37.3 Å². The van der Waals surface area contributed by atoms with Crippen molar-refractivity contribution in [3.63, 3.8) is 0 Å². The van der Waals surface area contributed by atoms with E-state index in [1.807, 2.05) is 30.3 Å². The smallest absolute Gasteiger partial charge is 0.137 e. The van der Waals surface area contributed by atoms with E-state index in [-0.39, 0.29) is 23.7 Å². The van der Waals surface area contributed by atoms with E-state index in [1.54, 1.807) is 0 Å². The summed E-state index contributed by atoms with van der Waals surface area (Å²) in [6, 6.07) is 9.27. The highest BCUT2D eigenvalue weighted by Gasteiger charge is 2.43. The molecule has 1 aromatic rings. The van der Waals surface area contributed by atoms with Crippen LogP contribution in [-0.2, 0) is 4.79 Å². The van der Waals surface area contributed by atoms with Crippen LogP contribution in [0, 0.1) is 17.8 Å². The van der Waals surface area contributed by atoms with Crippen LogP contribution in [0.2, 0.25) is 0 Å². The number of ketones is 1. The van der Waals surface area contributed by atoms with E-state index < -0.39 is 0 Å². The lowest BCUT2D eigenvalue weighted by molar-refractivity contribution is -0.130. The average Bonchev–Trinajstić information content (AvgIpc) is 2.46. The monoisotopic (exact) mass is 281 g/mol. The normalized spacial score (nSPS) is 29.6. The van der Waals surface area contributed by atoms with Crippen LogP contribution >= 0.6 is 0 Å². The van der Waals surface area contributed by atoms with Gasteiger partial charge in [0, 0.05) is 17.3 Å². The van der Waals surface area contributed by atoms with Crippen molar-refractivity contribution >= 4 is 5.78 Å². The van der Waals surface area contributed by atoms with Crippen molar-refractivity contribution in [3.05, 3.63) is 58.5 Å². The predicted octanol–water partition coefficient (Wildman–Crippen LogP) is 4.60. The Labute approximate surface area is 124 Å². The molecule has 1 aromatic carbocycles. The van der Waals surface area contributed by atoms with Crippen molar-refractivity contribution in [1.82, 2.24) is 0 Å². The molecule has 2 bridgehead atoms. The second-order valence-electron chi connectivity index (χ2n) is 6.28. The first kappa shape index (κ1) is 13.9. The number of hydrogen-bond donors (Lipinski definition) is 0. The minimum absolute atomic E-state index is 0.198. The summed E-state index contributed by atoms with van der Waals surface area (Å²) in [4.78, 5) is 15.6. The van der Waals surface area contributed by atoms with Crippen LogP contribution in [0.4, 0.5) is 0 Å². The minimum Gasteiger partial charge on any atom is -0.299 e. The number of benzene rings is 1. The molecule has 108 valence electrons. The van der Waals surface area contributed by atoms with E-state index in [1.165, 1.54) is 5.57 Å². The molecule has 2 saturated carbocycles. The van der Waals surface area contributed by atoms with Crippen LogP contribution < -0.4 is 0 Å². The Bertz CT molecular complexity index is 604. The van der Waals surface area contributed by atoms with Crippen molar-refractivity contribution in [2.45, 2.75) is 31.7 Å². The van der Waals surface area contributed by atoms with Crippen LogP contribution in [0.3, 0.4) is 0 Å². The topological polar surface area (TPSA) is 65.8 Å². The summed E-state index contributed by atoms with van der Waals surface area (Å²) in [5, 5.41) is 3.97.